The number of anilines is 3. The summed E-state index contributed by atoms with van der Waals surface area (Å²) in [4.78, 5) is 2.40. The second-order valence-electron chi connectivity index (χ2n) is 15.7. The van der Waals surface area contributed by atoms with Crippen molar-refractivity contribution in [2.75, 3.05) is 4.90 Å². The van der Waals surface area contributed by atoms with Gasteiger partial charge in [0.15, 0.2) is 5.58 Å². The fourth-order valence-electron chi connectivity index (χ4n) is 9.27. The minimum atomic E-state index is -0.149. The molecule has 0 saturated carbocycles. The molecule has 0 fully saturated rings. The van der Waals surface area contributed by atoms with Crippen LogP contribution in [0.25, 0.3) is 77.2 Å². The van der Waals surface area contributed by atoms with Crippen molar-refractivity contribution in [1.82, 2.24) is 0 Å². The highest BCUT2D eigenvalue weighted by Crippen LogP contribution is 2.52. The van der Waals surface area contributed by atoms with E-state index in [1.54, 1.807) is 0 Å². The lowest BCUT2D eigenvalue weighted by molar-refractivity contribution is 0.660. The van der Waals surface area contributed by atoms with Gasteiger partial charge in [0, 0.05) is 32.9 Å². The third-order valence-electron chi connectivity index (χ3n) is 12.1. The van der Waals surface area contributed by atoms with Crippen molar-refractivity contribution in [1.29, 1.82) is 0 Å². The van der Waals surface area contributed by atoms with Gasteiger partial charge in [-0.25, -0.2) is 0 Å². The van der Waals surface area contributed by atoms with Crippen molar-refractivity contribution in [3.63, 3.8) is 0 Å². The van der Waals surface area contributed by atoms with E-state index in [2.05, 4.69) is 219 Å². The largest absolute Gasteiger partial charge is 0.453 e. The minimum absolute atomic E-state index is 0.149. The van der Waals surface area contributed by atoms with Gasteiger partial charge >= 0.3 is 0 Å². The quantitative estimate of drug-likeness (QED) is 0.169. The van der Waals surface area contributed by atoms with E-state index in [9.17, 15) is 0 Å². The van der Waals surface area contributed by atoms with E-state index < -0.39 is 0 Å². The molecule has 1 aromatic heterocycles. The van der Waals surface area contributed by atoms with Gasteiger partial charge in [-0.15, -0.1) is 0 Å². The highest BCUT2D eigenvalue weighted by atomic mass is 16.3. The monoisotopic (exact) mass is 729 g/mol. The maximum Gasteiger partial charge on any atom is 0.160 e. The number of hydrogen-bond acceptors (Lipinski definition) is 2. The summed E-state index contributed by atoms with van der Waals surface area (Å²) < 4.78 is 7.31. The van der Waals surface area contributed by atoms with E-state index in [1.807, 2.05) is 0 Å². The Labute approximate surface area is 332 Å². The van der Waals surface area contributed by atoms with E-state index >= 15 is 0 Å². The van der Waals surface area contributed by atoms with Crippen LogP contribution in [0.5, 0.6) is 0 Å². The van der Waals surface area contributed by atoms with Crippen LogP contribution >= 0.6 is 0 Å². The van der Waals surface area contributed by atoms with Crippen molar-refractivity contribution in [3.8, 4) is 44.5 Å². The molecule has 57 heavy (non-hydrogen) atoms. The molecule has 2 nitrogen and oxygen atoms in total. The number of furan rings is 1. The van der Waals surface area contributed by atoms with Crippen molar-refractivity contribution >= 4 is 49.8 Å². The fraction of sp³-hybridized carbons (Fsp3) is 0.0545. The van der Waals surface area contributed by atoms with Gasteiger partial charge in [0.1, 0.15) is 5.58 Å². The van der Waals surface area contributed by atoms with Crippen molar-refractivity contribution in [2.45, 2.75) is 19.3 Å². The molecule has 0 radical (unpaired) electrons. The highest BCUT2D eigenvalue weighted by molar-refractivity contribution is 6.24. The highest BCUT2D eigenvalue weighted by Gasteiger charge is 2.36. The zero-order valence-electron chi connectivity index (χ0n) is 31.9. The topological polar surface area (TPSA) is 16.4 Å². The number of benzene rings is 9. The van der Waals surface area contributed by atoms with Gasteiger partial charge in [-0.2, -0.15) is 0 Å². The second kappa shape index (κ2) is 13.0. The Bertz CT molecular complexity index is 3120. The molecule has 9 aromatic carbocycles. The molecule has 1 aliphatic carbocycles. The molecule has 0 unspecified atom stereocenters. The van der Waals surface area contributed by atoms with Crippen LogP contribution in [0.4, 0.5) is 17.1 Å². The summed E-state index contributed by atoms with van der Waals surface area (Å²) in [6.07, 6.45) is 0. The molecule has 0 atom stereocenters. The van der Waals surface area contributed by atoms with Gasteiger partial charge in [-0.05, 0) is 97.4 Å². The van der Waals surface area contributed by atoms with Crippen LogP contribution < -0.4 is 4.90 Å². The van der Waals surface area contributed by atoms with Crippen LogP contribution in [-0.4, -0.2) is 0 Å². The van der Waals surface area contributed by atoms with Crippen molar-refractivity contribution < 1.29 is 4.42 Å². The first kappa shape index (κ1) is 33.2. The molecule has 2 heteroatoms. The summed E-state index contributed by atoms with van der Waals surface area (Å²) in [5, 5.41) is 4.49. The van der Waals surface area contributed by atoms with E-state index in [-0.39, 0.29) is 5.41 Å². The zero-order chi connectivity index (χ0) is 38.1. The molecule has 1 aliphatic rings. The summed E-state index contributed by atoms with van der Waals surface area (Å²) in [6, 6.07) is 72.4. The fourth-order valence-corrected chi connectivity index (χ4v) is 9.27. The maximum atomic E-state index is 7.31. The molecule has 0 aliphatic heterocycles. The van der Waals surface area contributed by atoms with Crippen LogP contribution in [-0.2, 0) is 5.41 Å². The first-order valence-electron chi connectivity index (χ1n) is 19.8. The summed E-state index contributed by atoms with van der Waals surface area (Å²) in [5.41, 5.74) is 17.1. The Balaban J connectivity index is 1.21. The second-order valence-corrected chi connectivity index (χ2v) is 15.7. The maximum absolute atomic E-state index is 7.31. The van der Waals surface area contributed by atoms with E-state index in [1.165, 1.54) is 49.9 Å². The first-order valence-corrected chi connectivity index (χ1v) is 19.8. The van der Waals surface area contributed by atoms with Crippen LogP contribution in [0.15, 0.2) is 205 Å². The number of rotatable bonds is 6. The molecule has 0 amide bonds. The van der Waals surface area contributed by atoms with E-state index in [4.69, 9.17) is 4.42 Å². The van der Waals surface area contributed by atoms with Crippen molar-refractivity contribution in [2.24, 2.45) is 0 Å². The summed E-state index contributed by atoms with van der Waals surface area (Å²) in [7, 11) is 0. The van der Waals surface area contributed by atoms with Crippen LogP contribution in [0.1, 0.15) is 25.0 Å². The minimum Gasteiger partial charge on any atom is -0.453 e. The number of fused-ring (bicyclic) bond motifs is 8. The van der Waals surface area contributed by atoms with Gasteiger partial charge in [0.25, 0.3) is 0 Å². The van der Waals surface area contributed by atoms with Gasteiger partial charge in [0.05, 0.1) is 5.69 Å². The summed E-state index contributed by atoms with van der Waals surface area (Å²) in [6.45, 7) is 4.70. The molecular weight excluding hydrogens is 691 g/mol. The normalized spacial score (nSPS) is 12.9. The average Bonchev–Trinajstić information content (AvgIpc) is 3.77. The zero-order valence-corrected chi connectivity index (χ0v) is 31.9. The van der Waals surface area contributed by atoms with Crippen molar-refractivity contribution in [3.05, 3.63) is 211 Å². The lowest BCUT2D eigenvalue weighted by Crippen LogP contribution is -2.16. The Kier molecular flexibility index (Phi) is 7.55. The smallest absolute Gasteiger partial charge is 0.160 e. The molecule has 1 heterocycles. The third kappa shape index (κ3) is 5.25. The Morgan fingerprint density at radius 3 is 1.63 bits per heavy atom. The molecule has 11 rings (SSSR count). The molecule has 10 aromatic rings. The van der Waals surface area contributed by atoms with Gasteiger partial charge in [-0.3, -0.25) is 0 Å². The number of hydrogen-bond donors (Lipinski definition) is 0. The predicted octanol–water partition coefficient (Wildman–Crippen LogP) is 15.5. The summed E-state index contributed by atoms with van der Waals surface area (Å²) in [5.74, 6) is 0. The first-order chi connectivity index (χ1) is 28.0. The lowest BCUT2D eigenvalue weighted by Gasteiger charge is -2.28. The van der Waals surface area contributed by atoms with Gasteiger partial charge in [-0.1, -0.05) is 178 Å². The SMILES string of the molecule is CC1(C)c2ccccc2-c2ccc(N(c3ccc(-c4ccccc4)cc3)c3ccc(-c4ccccc4)c4c3oc3c5ccccc5c(-c5ccccc5)cc34)cc21. The Hall–Kier alpha value is -7.16. The van der Waals surface area contributed by atoms with Gasteiger partial charge < -0.3 is 9.32 Å². The van der Waals surface area contributed by atoms with Gasteiger partial charge in [0.2, 0.25) is 0 Å². The number of nitrogens with zero attached hydrogens (tertiary/aromatic N) is 1. The predicted molar refractivity (Wildman–Crippen MR) is 240 cm³/mol. The standard InChI is InChI=1S/C55H39NO/c1-55(2)49-25-15-14-23-44(49)45-31-30-41(34-50(45)55)56(40-28-26-37(27-29-40)36-16-6-3-7-17-36)51-33-32-42(38-18-8-4-9-19-38)52-48-35-47(39-20-10-5-11-21-39)43-22-12-13-24-46(43)53(48)57-54(51)52/h3-35H,1-2H3. The van der Waals surface area contributed by atoms with Crippen LogP contribution in [0, 0.1) is 0 Å². The van der Waals surface area contributed by atoms with Crippen LogP contribution in [0.2, 0.25) is 0 Å². The summed E-state index contributed by atoms with van der Waals surface area (Å²) >= 11 is 0. The Morgan fingerprint density at radius 1 is 0.368 bits per heavy atom. The molecule has 0 saturated heterocycles. The lowest BCUT2D eigenvalue weighted by atomic mass is 9.82. The molecule has 0 N–H and O–H groups in total. The molecule has 270 valence electrons. The average molecular weight is 730 g/mol. The van der Waals surface area contributed by atoms with E-state index in [0.717, 1.165) is 55.5 Å². The van der Waals surface area contributed by atoms with Crippen LogP contribution in [0.3, 0.4) is 0 Å². The molecule has 0 spiro atoms. The third-order valence-corrected chi connectivity index (χ3v) is 12.1. The van der Waals surface area contributed by atoms with E-state index in [0.29, 0.717) is 0 Å². The molecule has 0 bridgehead atoms. The Morgan fingerprint density at radius 2 is 0.912 bits per heavy atom. The molecular formula is C55H39NO.